The summed E-state index contributed by atoms with van der Waals surface area (Å²) in [4.78, 5) is 11.3. The number of sulfonamides is 1. The minimum atomic E-state index is -3.14. The highest BCUT2D eigenvalue weighted by atomic mass is 32.2. The van der Waals surface area contributed by atoms with E-state index < -0.39 is 15.6 Å². The highest BCUT2D eigenvalue weighted by Crippen LogP contribution is 1.95. The third-order valence-electron chi connectivity index (χ3n) is 1.93. The second-order valence-electron chi connectivity index (χ2n) is 4.13. The molecule has 0 rings (SSSR count). The molecular weight excluding hydrogens is 230 g/mol. The molecular formula is C9H21N3O3S. The van der Waals surface area contributed by atoms with Crippen molar-refractivity contribution in [3.63, 3.8) is 0 Å². The third-order valence-corrected chi connectivity index (χ3v) is 3.33. The first-order valence-corrected chi connectivity index (χ1v) is 6.89. The highest BCUT2D eigenvalue weighted by molar-refractivity contribution is 7.89. The van der Waals surface area contributed by atoms with Gasteiger partial charge in [-0.05, 0) is 27.2 Å². The van der Waals surface area contributed by atoms with E-state index in [4.69, 9.17) is 5.73 Å². The summed E-state index contributed by atoms with van der Waals surface area (Å²) in [6, 6.07) is 0. The van der Waals surface area contributed by atoms with Crippen LogP contribution in [-0.4, -0.2) is 38.7 Å². The van der Waals surface area contributed by atoms with Crippen LogP contribution in [0.5, 0.6) is 0 Å². The lowest BCUT2D eigenvalue weighted by molar-refractivity contribution is -0.125. The van der Waals surface area contributed by atoms with Gasteiger partial charge in [0, 0.05) is 13.1 Å². The van der Waals surface area contributed by atoms with Crippen LogP contribution in [0.25, 0.3) is 0 Å². The number of carbonyl (C=O) groups excluding carboxylic acids is 1. The normalized spacial score (nSPS) is 12.5. The van der Waals surface area contributed by atoms with E-state index >= 15 is 0 Å². The average Bonchev–Trinajstić information content (AvgIpc) is 2.15. The molecule has 4 N–H and O–H groups in total. The Morgan fingerprint density at radius 3 is 2.31 bits per heavy atom. The molecule has 0 aliphatic carbocycles. The largest absolute Gasteiger partial charge is 0.354 e. The summed E-state index contributed by atoms with van der Waals surface area (Å²) in [6.45, 7) is 5.53. The first-order valence-electron chi connectivity index (χ1n) is 5.23. The SMILES string of the molecule is CCS(=O)(=O)NCCCNC(=O)C(C)(C)N. The Balaban J connectivity index is 3.67. The van der Waals surface area contributed by atoms with Crippen molar-refractivity contribution >= 4 is 15.9 Å². The maximum absolute atomic E-state index is 11.3. The predicted molar refractivity (Wildman–Crippen MR) is 63.4 cm³/mol. The fourth-order valence-corrected chi connectivity index (χ4v) is 1.51. The van der Waals surface area contributed by atoms with Crippen molar-refractivity contribution < 1.29 is 13.2 Å². The van der Waals surface area contributed by atoms with Gasteiger partial charge in [0.1, 0.15) is 0 Å². The quantitative estimate of drug-likeness (QED) is 0.514. The van der Waals surface area contributed by atoms with Crippen molar-refractivity contribution in [2.75, 3.05) is 18.8 Å². The number of hydrogen-bond donors (Lipinski definition) is 3. The van der Waals surface area contributed by atoms with Crippen LogP contribution in [0, 0.1) is 0 Å². The van der Waals surface area contributed by atoms with Crippen molar-refractivity contribution in [2.24, 2.45) is 5.73 Å². The average molecular weight is 251 g/mol. The maximum atomic E-state index is 11.3. The van der Waals surface area contributed by atoms with Crippen molar-refractivity contribution in [1.82, 2.24) is 10.0 Å². The Morgan fingerprint density at radius 2 is 1.88 bits per heavy atom. The standard InChI is InChI=1S/C9H21N3O3S/c1-4-16(14,15)12-7-5-6-11-8(13)9(2,3)10/h12H,4-7,10H2,1-3H3,(H,11,13). The molecule has 0 unspecified atom stereocenters. The van der Waals surface area contributed by atoms with E-state index in [-0.39, 0.29) is 11.7 Å². The van der Waals surface area contributed by atoms with E-state index in [0.717, 1.165) is 0 Å². The molecule has 0 bridgehead atoms. The Bertz CT molecular complexity index is 319. The van der Waals surface area contributed by atoms with Gasteiger partial charge < -0.3 is 11.1 Å². The van der Waals surface area contributed by atoms with Crippen LogP contribution in [-0.2, 0) is 14.8 Å². The predicted octanol–water partition coefficient (Wildman–Crippen LogP) is -0.831. The molecule has 7 heteroatoms. The molecule has 6 nitrogen and oxygen atoms in total. The molecule has 0 heterocycles. The van der Waals surface area contributed by atoms with E-state index in [9.17, 15) is 13.2 Å². The summed E-state index contributed by atoms with van der Waals surface area (Å²) in [6.07, 6.45) is 0.543. The molecule has 0 aromatic heterocycles. The van der Waals surface area contributed by atoms with Crippen LogP contribution >= 0.6 is 0 Å². The molecule has 0 aliphatic heterocycles. The van der Waals surface area contributed by atoms with Gasteiger partial charge in [-0.1, -0.05) is 0 Å². The van der Waals surface area contributed by atoms with Gasteiger partial charge in [-0.3, -0.25) is 4.79 Å². The van der Waals surface area contributed by atoms with Gasteiger partial charge in [0.05, 0.1) is 11.3 Å². The van der Waals surface area contributed by atoms with Crippen molar-refractivity contribution in [1.29, 1.82) is 0 Å². The fourth-order valence-electron chi connectivity index (χ4n) is 0.848. The molecule has 0 atom stereocenters. The second-order valence-corrected chi connectivity index (χ2v) is 6.22. The molecule has 1 amide bonds. The number of rotatable bonds is 7. The Kier molecular flexibility index (Phi) is 5.91. The highest BCUT2D eigenvalue weighted by Gasteiger charge is 2.20. The summed E-state index contributed by atoms with van der Waals surface area (Å²) in [5.41, 5.74) is 4.66. The third kappa shape index (κ3) is 6.76. The van der Waals surface area contributed by atoms with Gasteiger partial charge in [-0.15, -0.1) is 0 Å². The van der Waals surface area contributed by atoms with Crippen molar-refractivity contribution in [2.45, 2.75) is 32.7 Å². The lowest BCUT2D eigenvalue weighted by Crippen LogP contribution is -2.49. The second kappa shape index (κ2) is 6.17. The summed E-state index contributed by atoms with van der Waals surface area (Å²) >= 11 is 0. The van der Waals surface area contributed by atoms with Gasteiger partial charge in [0.15, 0.2) is 0 Å². The summed E-state index contributed by atoms with van der Waals surface area (Å²) in [5.74, 6) is -0.180. The van der Waals surface area contributed by atoms with E-state index in [1.54, 1.807) is 20.8 Å². The lowest BCUT2D eigenvalue weighted by atomic mass is 10.1. The minimum Gasteiger partial charge on any atom is -0.354 e. The van der Waals surface area contributed by atoms with E-state index in [2.05, 4.69) is 10.0 Å². The molecule has 0 aromatic rings. The zero-order valence-corrected chi connectivity index (χ0v) is 10.9. The molecule has 96 valence electrons. The Labute approximate surface area is 97.0 Å². The van der Waals surface area contributed by atoms with Gasteiger partial charge in [-0.25, -0.2) is 13.1 Å². The molecule has 0 saturated heterocycles. The number of nitrogens with two attached hydrogens (primary N) is 1. The molecule has 0 aromatic carbocycles. The van der Waals surface area contributed by atoms with Crippen LogP contribution in [0.15, 0.2) is 0 Å². The van der Waals surface area contributed by atoms with Crippen molar-refractivity contribution in [3.8, 4) is 0 Å². The minimum absolute atomic E-state index is 0.0647. The monoisotopic (exact) mass is 251 g/mol. The zero-order chi connectivity index (χ0) is 12.8. The summed E-state index contributed by atoms with van der Waals surface area (Å²) < 4.78 is 24.5. The zero-order valence-electron chi connectivity index (χ0n) is 10.0. The van der Waals surface area contributed by atoms with Gasteiger partial charge in [0.25, 0.3) is 0 Å². The fraction of sp³-hybridized carbons (Fsp3) is 0.889. The Hall–Kier alpha value is -0.660. The van der Waals surface area contributed by atoms with Crippen LogP contribution in [0.1, 0.15) is 27.2 Å². The topological polar surface area (TPSA) is 101 Å². The number of carbonyl (C=O) groups is 1. The van der Waals surface area contributed by atoms with Gasteiger partial charge >= 0.3 is 0 Å². The number of amides is 1. The smallest absolute Gasteiger partial charge is 0.239 e. The summed E-state index contributed by atoms with van der Waals surface area (Å²) in [7, 11) is -3.14. The summed E-state index contributed by atoms with van der Waals surface area (Å²) in [5, 5.41) is 2.63. The maximum Gasteiger partial charge on any atom is 0.239 e. The number of nitrogens with one attached hydrogen (secondary N) is 2. The number of hydrogen-bond acceptors (Lipinski definition) is 4. The van der Waals surface area contributed by atoms with Crippen LogP contribution in [0.4, 0.5) is 0 Å². The van der Waals surface area contributed by atoms with Crippen LogP contribution in [0.2, 0.25) is 0 Å². The van der Waals surface area contributed by atoms with Gasteiger partial charge in [-0.2, -0.15) is 0 Å². The van der Waals surface area contributed by atoms with Gasteiger partial charge in [0.2, 0.25) is 15.9 Å². The van der Waals surface area contributed by atoms with Crippen LogP contribution < -0.4 is 15.8 Å². The molecule has 0 radical (unpaired) electrons. The van der Waals surface area contributed by atoms with E-state index in [0.29, 0.717) is 19.5 Å². The molecule has 0 fully saturated rings. The molecule has 16 heavy (non-hydrogen) atoms. The first kappa shape index (κ1) is 15.3. The molecule has 0 saturated carbocycles. The van der Waals surface area contributed by atoms with Crippen LogP contribution in [0.3, 0.4) is 0 Å². The first-order chi connectivity index (χ1) is 7.19. The van der Waals surface area contributed by atoms with E-state index in [1.807, 2.05) is 0 Å². The van der Waals surface area contributed by atoms with E-state index in [1.165, 1.54) is 0 Å². The van der Waals surface area contributed by atoms with Crippen molar-refractivity contribution in [3.05, 3.63) is 0 Å². The molecule has 0 spiro atoms. The molecule has 0 aliphatic rings. The lowest BCUT2D eigenvalue weighted by Gasteiger charge is -2.17. The Morgan fingerprint density at radius 1 is 1.31 bits per heavy atom.